The number of carboxylic acids is 1. The van der Waals surface area contributed by atoms with Crippen molar-refractivity contribution in [1.29, 1.82) is 0 Å². The molecule has 2 heterocycles. The number of anilines is 2. The van der Waals surface area contributed by atoms with Crippen LogP contribution in [0.4, 0.5) is 11.6 Å². The van der Waals surface area contributed by atoms with Gasteiger partial charge in [0.25, 0.3) is 0 Å². The van der Waals surface area contributed by atoms with E-state index in [4.69, 9.17) is 4.74 Å². The number of carboxylic acid groups (broad SMARTS) is 1. The van der Waals surface area contributed by atoms with E-state index in [-0.39, 0.29) is 25.3 Å². The van der Waals surface area contributed by atoms with Crippen molar-refractivity contribution in [2.24, 2.45) is 5.92 Å². The van der Waals surface area contributed by atoms with E-state index >= 15 is 0 Å². The molecule has 0 spiro atoms. The molecule has 2 aromatic carbocycles. The number of hydrogen-bond donors (Lipinski definition) is 2. The van der Waals surface area contributed by atoms with Crippen LogP contribution in [-0.4, -0.2) is 30.2 Å². The van der Waals surface area contributed by atoms with Crippen molar-refractivity contribution in [3.05, 3.63) is 105 Å². The van der Waals surface area contributed by atoms with Crippen LogP contribution in [0, 0.1) is 12.8 Å². The quantitative estimate of drug-likeness (QED) is 0.375. The summed E-state index contributed by atoms with van der Waals surface area (Å²) < 4.78 is 8.19. The molecule has 1 saturated carbocycles. The first-order valence-electron chi connectivity index (χ1n) is 11.8. The van der Waals surface area contributed by atoms with Gasteiger partial charge in [-0.3, -0.25) is 9.36 Å². The van der Waals surface area contributed by atoms with Gasteiger partial charge in [0.15, 0.2) is 0 Å². The van der Waals surface area contributed by atoms with Crippen molar-refractivity contribution in [3.8, 4) is 11.6 Å². The Morgan fingerprint density at radius 3 is 2.43 bits per heavy atom. The van der Waals surface area contributed by atoms with Crippen LogP contribution < -0.4 is 21.4 Å². The van der Waals surface area contributed by atoms with Crippen molar-refractivity contribution in [2.45, 2.75) is 32.4 Å². The number of nitrogens with one attached hydrogen (secondary N) is 1. The van der Waals surface area contributed by atoms with Gasteiger partial charge >= 0.3 is 17.3 Å². The number of aliphatic carboxylic acids is 1. The van der Waals surface area contributed by atoms with E-state index in [2.05, 4.69) is 15.3 Å². The summed E-state index contributed by atoms with van der Waals surface area (Å²) in [5.41, 5.74) is 1.30. The van der Waals surface area contributed by atoms with E-state index in [9.17, 15) is 19.5 Å². The second kappa shape index (κ2) is 10.1. The van der Waals surface area contributed by atoms with Crippen molar-refractivity contribution in [2.75, 3.05) is 5.32 Å². The maximum atomic E-state index is 13.5. The molecule has 1 aliphatic rings. The van der Waals surface area contributed by atoms with Crippen LogP contribution >= 0.6 is 0 Å². The molecule has 0 aliphatic heterocycles. The number of rotatable bonds is 8. The molecule has 2 aromatic heterocycles. The lowest BCUT2D eigenvalue weighted by atomic mass is 9.80. The molecule has 1 fully saturated rings. The molecule has 0 unspecified atom stereocenters. The summed E-state index contributed by atoms with van der Waals surface area (Å²) in [6.07, 6.45) is 2.08. The minimum atomic E-state index is -0.925. The number of carbonyl (C=O) groups is 1. The van der Waals surface area contributed by atoms with E-state index in [0.29, 0.717) is 17.3 Å². The third kappa shape index (κ3) is 5.27. The standard InChI is InChI=1S/C27H25N5O5/c1-17-5-7-18(8-6-17)16-31-25(30-26(35)32(27(31)36)21-14-19(15-21)24(33)34)29-20-9-11-22(12-10-20)37-23-4-2-3-13-28-23/h2-13,19,21H,14-16H2,1H3,(H,33,34)(H,29,30,35). The number of aryl methyl sites for hydroxylation is 1. The van der Waals surface area contributed by atoms with Crippen LogP contribution in [0.25, 0.3) is 0 Å². The normalized spacial score (nSPS) is 16.6. The Kier molecular flexibility index (Phi) is 6.55. The summed E-state index contributed by atoms with van der Waals surface area (Å²) in [6.45, 7) is 2.16. The molecular weight excluding hydrogens is 474 g/mol. The zero-order chi connectivity index (χ0) is 25.9. The third-order valence-corrected chi connectivity index (χ3v) is 6.36. The van der Waals surface area contributed by atoms with Gasteiger partial charge < -0.3 is 15.2 Å². The molecule has 10 nitrogen and oxygen atoms in total. The maximum Gasteiger partial charge on any atom is 0.355 e. The number of nitrogens with zero attached hydrogens (tertiary/aromatic N) is 4. The van der Waals surface area contributed by atoms with Gasteiger partial charge in [-0.05, 0) is 55.7 Å². The Bertz CT molecular complexity index is 1520. The topological polar surface area (TPSA) is 128 Å². The number of pyridine rings is 1. The van der Waals surface area contributed by atoms with Gasteiger partial charge in [-0.2, -0.15) is 4.98 Å². The zero-order valence-electron chi connectivity index (χ0n) is 20.1. The summed E-state index contributed by atoms with van der Waals surface area (Å²) in [7, 11) is 0. The maximum absolute atomic E-state index is 13.5. The molecule has 1 aliphatic carbocycles. The van der Waals surface area contributed by atoms with Crippen LogP contribution in [0.2, 0.25) is 0 Å². The molecular formula is C27H25N5O5. The average molecular weight is 500 g/mol. The lowest BCUT2D eigenvalue weighted by Gasteiger charge is -2.33. The predicted molar refractivity (Wildman–Crippen MR) is 136 cm³/mol. The Balaban J connectivity index is 1.45. The second-order valence-electron chi connectivity index (χ2n) is 9.02. The first kappa shape index (κ1) is 24.0. The van der Waals surface area contributed by atoms with Crippen LogP contribution in [0.3, 0.4) is 0 Å². The molecule has 4 aromatic rings. The minimum Gasteiger partial charge on any atom is -0.481 e. The molecule has 2 N–H and O–H groups in total. The SMILES string of the molecule is Cc1ccc(Cn2c(Nc3ccc(Oc4ccccn4)cc3)nc(=O)n(C3CC(C(=O)O)C3)c2=O)cc1. The Hall–Kier alpha value is -4.73. The number of hydrogen-bond acceptors (Lipinski definition) is 7. The van der Waals surface area contributed by atoms with E-state index in [1.807, 2.05) is 37.3 Å². The number of aromatic nitrogens is 4. The fourth-order valence-corrected chi connectivity index (χ4v) is 4.20. The third-order valence-electron chi connectivity index (χ3n) is 6.36. The summed E-state index contributed by atoms with van der Waals surface area (Å²) >= 11 is 0. The molecule has 0 amide bonds. The highest BCUT2D eigenvalue weighted by atomic mass is 16.5. The van der Waals surface area contributed by atoms with Crippen molar-refractivity contribution < 1.29 is 14.6 Å². The molecule has 0 saturated heterocycles. The Morgan fingerprint density at radius 2 is 1.78 bits per heavy atom. The highest BCUT2D eigenvalue weighted by Gasteiger charge is 2.37. The summed E-state index contributed by atoms with van der Waals surface area (Å²) in [5, 5.41) is 12.3. The molecule has 0 bridgehead atoms. The lowest BCUT2D eigenvalue weighted by molar-refractivity contribution is -0.146. The number of ether oxygens (including phenoxy) is 1. The van der Waals surface area contributed by atoms with Crippen LogP contribution in [-0.2, 0) is 11.3 Å². The van der Waals surface area contributed by atoms with E-state index < -0.39 is 29.3 Å². The zero-order valence-corrected chi connectivity index (χ0v) is 20.1. The summed E-state index contributed by atoms with van der Waals surface area (Å²) in [4.78, 5) is 46.0. The summed E-state index contributed by atoms with van der Waals surface area (Å²) in [5.74, 6) is -0.360. The van der Waals surface area contributed by atoms with E-state index in [1.165, 1.54) is 4.57 Å². The average Bonchev–Trinajstić information content (AvgIpc) is 2.85. The smallest absolute Gasteiger partial charge is 0.355 e. The first-order valence-corrected chi connectivity index (χ1v) is 11.8. The molecule has 188 valence electrons. The Morgan fingerprint density at radius 1 is 1.05 bits per heavy atom. The molecule has 0 atom stereocenters. The van der Waals surface area contributed by atoms with Crippen LogP contribution in [0.1, 0.15) is 30.0 Å². The van der Waals surface area contributed by atoms with Gasteiger partial charge in [0, 0.05) is 24.0 Å². The molecule has 5 rings (SSSR count). The predicted octanol–water partition coefficient (Wildman–Crippen LogP) is 3.73. The molecule has 0 radical (unpaired) electrons. The minimum absolute atomic E-state index is 0.0966. The Labute approximate surface area is 211 Å². The fourth-order valence-electron chi connectivity index (χ4n) is 4.20. The van der Waals surface area contributed by atoms with Gasteiger partial charge in [-0.15, -0.1) is 0 Å². The van der Waals surface area contributed by atoms with E-state index in [1.54, 1.807) is 42.6 Å². The monoisotopic (exact) mass is 499 g/mol. The largest absolute Gasteiger partial charge is 0.481 e. The van der Waals surface area contributed by atoms with Gasteiger partial charge in [0.2, 0.25) is 11.8 Å². The van der Waals surface area contributed by atoms with Gasteiger partial charge in [-0.1, -0.05) is 35.9 Å². The van der Waals surface area contributed by atoms with Crippen molar-refractivity contribution in [1.82, 2.24) is 19.1 Å². The highest BCUT2D eigenvalue weighted by molar-refractivity contribution is 5.71. The van der Waals surface area contributed by atoms with Gasteiger partial charge in [-0.25, -0.2) is 19.1 Å². The fraction of sp³-hybridized carbons (Fsp3) is 0.222. The second-order valence-corrected chi connectivity index (χ2v) is 9.02. The molecule has 37 heavy (non-hydrogen) atoms. The van der Waals surface area contributed by atoms with Crippen LogP contribution in [0.5, 0.6) is 11.6 Å². The summed E-state index contributed by atoms with van der Waals surface area (Å²) in [6, 6.07) is 19.6. The lowest BCUT2D eigenvalue weighted by Crippen LogP contribution is -2.48. The number of benzene rings is 2. The van der Waals surface area contributed by atoms with Gasteiger partial charge in [0.05, 0.1) is 12.5 Å². The van der Waals surface area contributed by atoms with Gasteiger partial charge in [0.1, 0.15) is 5.75 Å². The van der Waals surface area contributed by atoms with Crippen LogP contribution in [0.15, 0.2) is 82.5 Å². The van der Waals surface area contributed by atoms with E-state index in [0.717, 1.165) is 15.7 Å². The molecule has 10 heteroatoms. The van der Waals surface area contributed by atoms with Crippen molar-refractivity contribution in [3.63, 3.8) is 0 Å². The highest BCUT2D eigenvalue weighted by Crippen LogP contribution is 2.36. The first-order chi connectivity index (χ1) is 17.9. The van der Waals surface area contributed by atoms with Crippen molar-refractivity contribution >= 4 is 17.6 Å².